The molecular weight excluding hydrogens is 240 g/mol. The summed E-state index contributed by atoms with van der Waals surface area (Å²) in [6.45, 7) is 2.02. The number of rotatable bonds is 4. The van der Waals surface area contributed by atoms with Crippen molar-refractivity contribution in [3.63, 3.8) is 0 Å². The van der Waals surface area contributed by atoms with E-state index in [4.69, 9.17) is 11.6 Å². The minimum Gasteiger partial charge on any atom is -0.298 e. The number of hydrogen-bond donors (Lipinski definition) is 0. The molecule has 0 saturated heterocycles. The van der Waals surface area contributed by atoms with Crippen LogP contribution < -0.4 is 0 Å². The molecule has 2 aromatic rings. The normalized spacial score (nSPS) is 10.5. The van der Waals surface area contributed by atoms with E-state index in [9.17, 15) is 4.79 Å². The van der Waals surface area contributed by atoms with Gasteiger partial charge in [0.15, 0.2) is 12.1 Å². The summed E-state index contributed by atoms with van der Waals surface area (Å²) in [6.07, 6.45) is 6.99. The van der Waals surface area contributed by atoms with Gasteiger partial charge < -0.3 is 0 Å². The van der Waals surface area contributed by atoms with Gasteiger partial charge in [-0.1, -0.05) is 24.9 Å². The fraction of sp³-hybridized carbons (Fsp3) is 0.273. The molecule has 2 heterocycles. The van der Waals surface area contributed by atoms with Crippen LogP contribution in [0.25, 0.3) is 5.82 Å². The molecule has 0 radical (unpaired) electrons. The van der Waals surface area contributed by atoms with Crippen LogP contribution in [-0.4, -0.2) is 26.0 Å². The van der Waals surface area contributed by atoms with E-state index in [0.29, 0.717) is 23.5 Å². The summed E-state index contributed by atoms with van der Waals surface area (Å²) in [5, 5.41) is 4.57. The van der Waals surface area contributed by atoms with Crippen LogP contribution in [0.1, 0.15) is 29.4 Å². The number of hydrogen-bond acceptors (Lipinski definition) is 4. The van der Waals surface area contributed by atoms with Crippen LogP contribution in [0.5, 0.6) is 0 Å². The van der Waals surface area contributed by atoms with Gasteiger partial charge in [-0.05, 0) is 6.42 Å². The Labute approximate surface area is 103 Å². The molecule has 5 nitrogen and oxygen atoms in total. The average molecular weight is 251 g/mol. The zero-order valence-electron chi connectivity index (χ0n) is 9.30. The first-order valence-corrected chi connectivity index (χ1v) is 5.64. The molecule has 0 aliphatic rings. The molecule has 88 valence electrons. The number of carbonyl (C=O) groups is 1. The highest BCUT2D eigenvalue weighted by Gasteiger charge is 2.16. The second-order valence-corrected chi connectivity index (χ2v) is 3.85. The fourth-order valence-corrected chi connectivity index (χ4v) is 1.82. The molecule has 0 saturated carbocycles. The predicted molar refractivity (Wildman–Crippen MR) is 63.5 cm³/mol. The maximum absolute atomic E-state index is 11.0. The molecule has 0 fully saturated rings. The van der Waals surface area contributed by atoms with Crippen molar-refractivity contribution in [1.82, 2.24) is 19.7 Å². The first kappa shape index (κ1) is 11.7. The minimum absolute atomic E-state index is 0.281. The summed E-state index contributed by atoms with van der Waals surface area (Å²) in [5.74, 6) is 0.503. The topological polar surface area (TPSA) is 60.7 Å². The van der Waals surface area contributed by atoms with Crippen LogP contribution >= 0.6 is 11.6 Å². The van der Waals surface area contributed by atoms with Gasteiger partial charge in [0.25, 0.3) is 0 Å². The molecule has 0 atom stereocenters. The number of aromatic nitrogens is 4. The van der Waals surface area contributed by atoms with Crippen LogP contribution in [0.4, 0.5) is 0 Å². The third-order valence-corrected chi connectivity index (χ3v) is 2.67. The quantitative estimate of drug-likeness (QED) is 0.780. The lowest BCUT2D eigenvalue weighted by atomic mass is 10.2. The molecular formula is C11H11ClN4O. The van der Waals surface area contributed by atoms with E-state index in [1.165, 1.54) is 4.68 Å². The molecule has 0 bridgehead atoms. The maximum Gasteiger partial charge on any atom is 0.173 e. The van der Waals surface area contributed by atoms with Gasteiger partial charge >= 0.3 is 0 Å². The van der Waals surface area contributed by atoms with Gasteiger partial charge in [0.1, 0.15) is 5.15 Å². The Morgan fingerprint density at radius 3 is 2.88 bits per heavy atom. The lowest BCUT2D eigenvalue weighted by Gasteiger charge is -1.99. The van der Waals surface area contributed by atoms with Crippen molar-refractivity contribution in [3.8, 4) is 5.82 Å². The van der Waals surface area contributed by atoms with E-state index in [1.54, 1.807) is 18.6 Å². The summed E-state index contributed by atoms with van der Waals surface area (Å²) in [4.78, 5) is 19.0. The minimum atomic E-state index is 0.281. The Balaban J connectivity index is 2.52. The van der Waals surface area contributed by atoms with E-state index in [-0.39, 0.29) is 5.15 Å². The molecule has 6 heteroatoms. The van der Waals surface area contributed by atoms with Crippen LogP contribution in [0.3, 0.4) is 0 Å². The van der Waals surface area contributed by atoms with Crippen molar-refractivity contribution in [1.29, 1.82) is 0 Å². The smallest absolute Gasteiger partial charge is 0.173 e. The van der Waals surface area contributed by atoms with E-state index >= 15 is 0 Å². The average Bonchev–Trinajstić information content (AvgIpc) is 2.67. The lowest BCUT2D eigenvalue weighted by Crippen LogP contribution is -2.00. The molecule has 2 aromatic heterocycles. The molecule has 0 aliphatic carbocycles. The van der Waals surface area contributed by atoms with Gasteiger partial charge in [-0.2, -0.15) is 5.10 Å². The van der Waals surface area contributed by atoms with Crippen molar-refractivity contribution in [2.45, 2.75) is 19.8 Å². The highest BCUT2D eigenvalue weighted by Crippen LogP contribution is 2.21. The van der Waals surface area contributed by atoms with E-state index in [1.807, 2.05) is 6.92 Å². The molecule has 0 aromatic carbocycles. The van der Waals surface area contributed by atoms with Crippen molar-refractivity contribution in [3.05, 3.63) is 35.0 Å². The Morgan fingerprint density at radius 2 is 2.29 bits per heavy atom. The summed E-state index contributed by atoms with van der Waals surface area (Å²) in [5.41, 5.74) is 1.12. The second kappa shape index (κ2) is 5.05. The molecule has 0 N–H and O–H groups in total. The Bertz CT molecular complexity index is 524. The zero-order valence-corrected chi connectivity index (χ0v) is 10.1. The third-order valence-electron chi connectivity index (χ3n) is 2.31. The van der Waals surface area contributed by atoms with Gasteiger partial charge in [-0.3, -0.25) is 9.78 Å². The van der Waals surface area contributed by atoms with Crippen LogP contribution in [-0.2, 0) is 6.42 Å². The molecule has 17 heavy (non-hydrogen) atoms. The predicted octanol–water partition coefficient (Wildman–Crippen LogP) is 2.08. The largest absolute Gasteiger partial charge is 0.298 e. The number of halogens is 1. The number of nitrogens with zero attached hydrogens (tertiary/aromatic N) is 4. The molecule has 0 amide bonds. The van der Waals surface area contributed by atoms with Crippen molar-refractivity contribution in [2.24, 2.45) is 0 Å². The van der Waals surface area contributed by atoms with Crippen molar-refractivity contribution >= 4 is 17.9 Å². The van der Waals surface area contributed by atoms with Gasteiger partial charge in [0.2, 0.25) is 0 Å². The van der Waals surface area contributed by atoms with Gasteiger partial charge in [-0.25, -0.2) is 9.67 Å². The highest BCUT2D eigenvalue weighted by molar-refractivity contribution is 6.32. The van der Waals surface area contributed by atoms with Crippen molar-refractivity contribution < 1.29 is 4.79 Å². The number of aryl methyl sites for hydroxylation is 1. The fourth-order valence-electron chi connectivity index (χ4n) is 1.54. The zero-order chi connectivity index (χ0) is 12.3. The summed E-state index contributed by atoms with van der Waals surface area (Å²) in [6, 6.07) is 0. The monoisotopic (exact) mass is 250 g/mol. The first-order chi connectivity index (χ1) is 8.27. The molecule has 0 unspecified atom stereocenters. The summed E-state index contributed by atoms with van der Waals surface area (Å²) < 4.78 is 1.43. The summed E-state index contributed by atoms with van der Waals surface area (Å²) >= 11 is 6.10. The number of aldehydes is 1. The maximum atomic E-state index is 11.0. The van der Waals surface area contributed by atoms with Gasteiger partial charge in [-0.15, -0.1) is 0 Å². The molecule has 2 rings (SSSR count). The van der Waals surface area contributed by atoms with E-state index in [0.717, 1.165) is 12.7 Å². The first-order valence-electron chi connectivity index (χ1n) is 5.27. The SMILES string of the molecule is CCCc1nn(-c2cnccn2)c(Cl)c1C=O. The lowest BCUT2D eigenvalue weighted by molar-refractivity contribution is 0.112. The second-order valence-electron chi connectivity index (χ2n) is 3.49. The van der Waals surface area contributed by atoms with Gasteiger partial charge in [0.05, 0.1) is 17.5 Å². The standard InChI is InChI=1S/C11H11ClN4O/c1-2-3-9-8(7-17)11(12)16(15-9)10-6-13-4-5-14-10/h4-7H,2-3H2,1H3. The highest BCUT2D eigenvalue weighted by atomic mass is 35.5. The van der Waals surface area contributed by atoms with Gasteiger partial charge in [0, 0.05) is 12.4 Å². The van der Waals surface area contributed by atoms with Crippen LogP contribution in [0, 0.1) is 0 Å². The van der Waals surface area contributed by atoms with Crippen LogP contribution in [0.15, 0.2) is 18.6 Å². The Morgan fingerprint density at radius 1 is 1.47 bits per heavy atom. The van der Waals surface area contributed by atoms with E-state index < -0.39 is 0 Å². The summed E-state index contributed by atoms with van der Waals surface area (Å²) in [7, 11) is 0. The third kappa shape index (κ3) is 2.19. The van der Waals surface area contributed by atoms with Crippen LogP contribution in [0.2, 0.25) is 5.15 Å². The molecule has 0 aliphatic heterocycles. The van der Waals surface area contributed by atoms with E-state index in [2.05, 4.69) is 15.1 Å². The van der Waals surface area contributed by atoms with Crippen molar-refractivity contribution in [2.75, 3.05) is 0 Å². The Kier molecular flexibility index (Phi) is 3.49. The molecule has 0 spiro atoms. The Hall–Kier alpha value is -1.75. The number of carbonyl (C=O) groups excluding carboxylic acids is 1.